The Hall–Kier alpha value is -9.78. The van der Waals surface area contributed by atoms with Crippen LogP contribution >= 0.6 is 0 Å². The highest BCUT2D eigenvalue weighted by atomic mass is 16.3. The van der Waals surface area contributed by atoms with E-state index in [1.165, 1.54) is 65.3 Å². The van der Waals surface area contributed by atoms with E-state index >= 15 is 0 Å². The van der Waals surface area contributed by atoms with E-state index < -0.39 is 0 Å². The Labute approximate surface area is 449 Å². The molecule has 11 aromatic carbocycles. The number of anilines is 6. The van der Waals surface area contributed by atoms with Gasteiger partial charge in [0, 0.05) is 80.1 Å². The van der Waals surface area contributed by atoms with Crippen LogP contribution in [0.1, 0.15) is 49.9 Å². The first-order chi connectivity index (χ1) is 38.2. The molecule has 368 valence electrons. The van der Waals surface area contributed by atoms with Crippen molar-refractivity contribution in [1.82, 2.24) is 9.97 Å². The lowest BCUT2D eigenvalue weighted by Gasteiger charge is -2.43. The molecule has 0 spiro atoms. The third-order valence-electron chi connectivity index (χ3n) is 17.7. The molecule has 0 N–H and O–H groups in total. The van der Waals surface area contributed by atoms with Gasteiger partial charge in [0.25, 0.3) is 0 Å². The summed E-state index contributed by atoms with van der Waals surface area (Å²) in [5.41, 5.74) is 19.1. The van der Waals surface area contributed by atoms with E-state index in [4.69, 9.17) is 8.83 Å². The fourth-order valence-electron chi connectivity index (χ4n) is 13.9. The van der Waals surface area contributed by atoms with E-state index in [2.05, 4.69) is 229 Å². The van der Waals surface area contributed by atoms with Gasteiger partial charge in [0.1, 0.15) is 22.3 Å². The van der Waals surface area contributed by atoms with E-state index in [0.717, 1.165) is 100 Å². The summed E-state index contributed by atoms with van der Waals surface area (Å²) in [6.07, 6.45) is 7.60. The van der Waals surface area contributed by atoms with Crippen molar-refractivity contribution in [3.63, 3.8) is 0 Å². The van der Waals surface area contributed by atoms with Gasteiger partial charge in [-0.25, -0.2) is 0 Å². The van der Waals surface area contributed by atoms with Crippen molar-refractivity contribution < 1.29 is 8.83 Å². The fourth-order valence-corrected chi connectivity index (χ4v) is 13.9. The van der Waals surface area contributed by atoms with E-state index in [0.29, 0.717) is 0 Å². The number of fused-ring (bicyclic) bond motifs is 12. The van der Waals surface area contributed by atoms with Crippen LogP contribution in [0.25, 0.3) is 109 Å². The van der Waals surface area contributed by atoms with Crippen LogP contribution < -0.4 is 9.80 Å². The highest BCUT2D eigenvalue weighted by Gasteiger charge is 2.41. The maximum absolute atomic E-state index is 6.67. The first-order valence-electron chi connectivity index (χ1n) is 26.9. The van der Waals surface area contributed by atoms with Crippen LogP contribution in [0.4, 0.5) is 34.1 Å². The molecular formula is C72H48N4O2. The molecule has 2 aliphatic rings. The van der Waals surface area contributed by atoms with Crippen molar-refractivity contribution in [1.29, 1.82) is 0 Å². The molecule has 6 heteroatoms. The molecule has 6 nitrogen and oxygen atoms in total. The lowest BCUT2D eigenvalue weighted by atomic mass is 9.72. The molecule has 4 aromatic heterocycles. The smallest absolute Gasteiger partial charge is 0.137 e. The SMILES string of the molecule is CC1(C)c2cc(-c3cccnc3)ccc2N(c2ccc3c4cccc5c(N6c7ccc(-c8cccnc8)cc7C(C)(C)c7cc8c(cc76)oc6ccccc68)ccc(c6cccc2c63)c54)c2cc3oc4ccccc4c3cc21. The number of furan rings is 2. The molecule has 0 unspecified atom stereocenters. The van der Waals surface area contributed by atoms with Crippen molar-refractivity contribution in [2.24, 2.45) is 0 Å². The summed E-state index contributed by atoms with van der Waals surface area (Å²) in [4.78, 5) is 14.0. The van der Waals surface area contributed by atoms with Gasteiger partial charge in [0.05, 0.1) is 34.1 Å². The maximum atomic E-state index is 6.67. The maximum Gasteiger partial charge on any atom is 0.137 e. The molecular weight excluding hydrogens is 953 g/mol. The summed E-state index contributed by atoms with van der Waals surface area (Å²) in [5.74, 6) is 0. The van der Waals surface area contributed by atoms with E-state index in [-0.39, 0.29) is 10.8 Å². The molecule has 0 fully saturated rings. The highest BCUT2D eigenvalue weighted by molar-refractivity contribution is 6.35. The summed E-state index contributed by atoms with van der Waals surface area (Å²) in [6, 6.07) is 71.7. The van der Waals surface area contributed by atoms with Crippen molar-refractivity contribution in [2.75, 3.05) is 9.80 Å². The molecule has 17 rings (SSSR count). The summed E-state index contributed by atoms with van der Waals surface area (Å²) < 4.78 is 13.3. The zero-order chi connectivity index (χ0) is 51.8. The van der Waals surface area contributed by atoms with Gasteiger partial charge in [0.15, 0.2) is 0 Å². The number of benzene rings is 11. The van der Waals surface area contributed by atoms with Crippen LogP contribution in [0, 0.1) is 0 Å². The number of rotatable bonds is 4. The van der Waals surface area contributed by atoms with Gasteiger partial charge in [-0.2, -0.15) is 0 Å². The highest BCUT2D eigenvalue weighted by Crippen LogP contribution is 2.59. The third-order valence-corrected chi connectivity index (χ3v) is 17.7. The minimum Gasteiger partial charge on any atom is -0.456 e. The largest absolute Gasteiger partial charge is 0.456 e. The Morgan fingerprint density at radius 3 is 1.14 bits per heavy atom. The molecule has 0 saturated carbocycles. The van der Waals surface area contributed by atoms with Crippen molar-refractivity contribution in [3.8, 4) is 22.3 Å². The Balaban J connectivity index is 0.903. The van der Waals surface area contributed by atoms with Crippen molar-refractivity contribution >= 4 is 121 Å². The topological polar surface area (TPSA) is 58.5 Å². The second kappa shape index (κ2) is 15.4. The van der Waals surface area contributed by atoms with Crippen LogP contribution in [0.5, 0.6) is 0 Å². The molecule has 0 aliphatic carbocycles. The van der Waals surface area contributed by atoms with Crippen LogP contribution in [0.15, 0.2) is 228 Å². The molecule has 0 radical (unpaired) electrons. The van der Waals surface area contributed by atoms with Gasteiger partial charge in [-0.3, -0.25) is 9.97 Å². The predicted octanol–water partition coefficient (Wildman–Crippen LogP) is 19.9. The molecule has 0 amide bonds. The van der Waals surface area contributed by atoms with Gasteiger partial charge in [-0.1, -0.05) is 137 Å². The zero-order valence-electron chi connectivity index (χ0n) is 43.4. The number of aromatic nitrogens is 2. The minimum atomic E-state index is -0.352. The van der Waals surface area contributed by atoms with Crippen LogP contribution in [-0.4, -0.2) is 9.97 Å². The predicted molar refractivity (Wildman–Crippen MR) is 322 cm³/mol. The second-order valence-corrected chi connectivity index (χ2v) is 22.5. The van der Waals surface area contributed by atoms with Gasteiger partial charge in [-0.05, 0) is 150 Å². The standard InChI is InChI=1S/C72H48N4O2/c1-71(2)55-33-41(43-13-11-31-73-39-43)23-27-61(55)75(63-37-67-53(35-57(63)71)45-15-5-7-21-65(45)77-67)59-29-25-49-48-18-10-20-52-60(30-26-50(70(48)52)47-17-9-19-51(59)69(47)49)76-62-28-24-42(44-14-12-32-74-40-44)34-56(62)72(3,4)58-36-54-46-16-6-8-22-66(46)78-68(54)38-64(58)76/h5-40H,1-4H3. The van der Waals surface area contributed by atoms with Crippen LogP contribution in [0.3, 0.4) is 0 Å². The Morgan fingerprint density at radius 2 is 0.692 bits per heavy atom. The van der Waals surface area contributed by atoms with Crippen molar-refractivity contribution in [2.45, 2.75) is 38.5 Å². The van der Waals surface area contributed by atoms with Gasteiger partial charge in [0.2, 0.25) is 0 Å². The van der Waals surface area contributed by atoms with Crippen LogP contribution in [0.2, 0.25) is 0 Å². The van der Waals surface area contributed by atoms with Gasteiger partial charge in [-0.15, -0.1) is 0 Å². The lowest BCUT2D eigenvalue weighted by molar-refractivity contribution is 0.630. The van der Waals surface area contributed by atoms with E-state index in [1.54, 1.807) is 0 Å². The molecule has 0 saturated heterocycles. The minimum absolute atomic E-state index is 0.352. The van der Waals surface area contributed by atoms with Crippen LogP contribution in [-0.2, 0) is 10.8 Å². The van der Waals surface area contributed by atoms with Gasteiger partial charge >= 0.3 is 0 Å². The van der Waals surface area contributed by atoms with E-state index in [1.807, 2.05) is 36.9 Å². The summed E-state index contributed by atoms with van der Waals surface area (Å²) in [5, 5.41) is 14.3. The lowest BCUT2D eigenvalue weighted by Crippen LogP contribution is -2.30. The number of nitrogens with zero attached hydrogens (tertiary/aromatic N) is 4. The number of pyridine rings is 2. The average Bonchev–Trinajstić information content (AvgIpc) is 3.70. The van der Waals surface area contributed by atoms with Crippen molar-refractivity contribution in [3.05, 3.63) is 241 Å². The first kappa shape index (κ1) is 43.5. The third kappa shape index (κ3) is 5.81. The molecule has 15 aromatic rings. The zero-order valence-corrected chi connectivity index (χ0v) is 43.4. The quantitative estimate of drug-likeness (QED) is 0.129. The Morgan fingerprint density at radius 1 is 0.295 bits per heavy atom. The Bertz CT molecular complexity index is 4710. The molecule has 6 heterocycles. The number of para-hydroxylation sites is 2. The molecule has 78 heavy (non-hydrogen) atoms. The second-order valence-electron chi connectivity index (χ2n) is 22.5. The molecule has 0 atom stereocenters. The summed E-state index contributed by atoms with van der Waals surface area (Å²) >= 11 is 0. The number of hydrogen-bond acceptors (Lipinski definition) is 6. The average molecular weight is 1000 g/mol. The Kier molecular flexibility index (Phi) is 8.60. The van der Waals surface area contributed by atoms with E-state index in [9.17, 15) is 0 Å². The summed E-state index contributed by atoms with van der Waals surface area (Å²) in [6.45, 7) is 9.47. The first-order valence-corrected chi connectivity index (χ1v) is 26.9. The normalized spacial score (nSPS) is 14.6. The molecule has 0 bridgehead atoms. The summed E-state index contributed by atoms with van der Waals surface area (Å²) in [7, 11) is 0. The molecule has 2 aliphatic heterocycles. The monoisotopic (exact) mass is 1000 g/mol. The number of hydrogen-bond donors (Lipinski definition) is 0. The fraction of sp³-hybridized carbons (Fsp3) is 0.0833. The van der Waals surface area contributed by atoms with Gasteiger partial charge < -0.3 is 18.6 Å².